The van der Waals surface area contributed by atoms with E-state index in [-0.39, 0.29) is 0 Å². The maximum atomic E-state index is 6.28. The third-order valence-electron chi connectivity index (χ3n) is 5.35. The Morgan fingerprint density at radius 1 is 1.10 bits per heavy atom. The first kappa shape index (κ1) is 14.1. The molecule has 1 aromatic carbocycles. The summed E-state index contributed by atoms with van der Waals surface area (Å²) in [6, 6.07) is 9.83. The Hall–Kier alpha value is -0.540. The number of benzene rings is 1. The minimum absolute atomic E-state index is 0.407. The van der Waals surface area contributed by atoms with E-state index in [0.717, 1.165) is 28.2 Å². The van der Waals surface area contributed by atoms with Crippen molar-refractivity contribution in [2.75, 3.05) is 6.54 Å². The maximum absolute atomic E-state index is 6.28. The van der Waals surface area contributed by atoms with Crippen molar-refractivity contribution >= 4 is 15.9 Å². The molecule has 2 saturated heterocycles. The van der Waals surface area contributed by atoms with Crippen LogP contribution in [0.25, 0.3) is 0 Å². The van der Waals surface area contributed by atoms with Crippen molar-refractivity contribution in [2.45, 2.75) is 63.1 Å². The molecule has 0 amide bonds. The molecule has 0 unspecified atom stereocenters. The monoisotopic (exact) mass is 349 g/mol. The lowest BCUT2D eigenvalue weighted by atomic mass is 9.82. The van der Waals surface area contributed by atoms with Gasteiger partial charge in [-0.25, -0.2) is 0 Å². The molecule has 2 heterocycles. The van der Waals surface area contributed by atoms with Crippen LogP contribution < -0.4 is 4.74 Å². The molecule has 21 heavy (non-hydrogen) atoms. The smallest absolute Gasteiger partial charge is 0.120 e. The first-order chi connectivity index (χ1) is 10.3. The Kier molecular flexibility index (Phi) is 3.97. The van der Waals surface area contributed by atoms with E-state index in [4.69, 9.17) is 4.74 Å². The standard InChI is InChI=1S/C18H24BrNO/c19-14-3-1-6-17(9-14)21-18-10-15-4-2-5-16(11-18)20(15)12-13-7-8-13/h1,3,6,9,13,15-16,18H,2,4-5,7-8,10-12H2/t15-,16+,18-. The van der Waals surface area contributed by atoms with Crippen molar-refractivity contribution in [1.82, 2.24) is 4.90 Å². The molecule has 3 atom stereocenters. The van der Waals surface area contributed by atoms with E-state index >= 15 is 0 Å². The molecule has 2 nitrogen and oxygen atoms in total. The number of hydrogen-bond donors (Lipinski definition) is 0. The molecule has 3 heteroatoms. The molecule has 1 saturated carbocycles. The average molecular weight is 350 g/mol. The van der Waals surface area contributed by atoms with Gasteiger partial charge in [0.15, 0.2) is 0 Å². The van der Waals surface area contributed by atoms with E-state index in [1.54, 1.807) is 0 Å². The van der Waals surface area contributed by atoms with Gasteiger partial charge in [0.1, 0.15) is 11.9 Å². The number of piperidine rings is 2. The summed E-state index contributed by atoms with van der Waals surface area (Å²) >= 11 is 3.53. The zero-order chi connectivity index (χ0) is 14.2. The van der Waals surface area contributed by atoms with E-state index < -0.39 is 0 Å². The van der Waals surface area contributed by atoms with Crippen LogP contribution in [0.15, 0.2) is 28.7 Å². The van der Waals surface area contributed by atoms with Gasteiger partial charge in [-0.1, -0.05) is 28.4 Å². The highest BCUT2D eigenvalue weighted by Gasteiger charge is 2.41. The van der Waals surface area contributed by atoms with Crippen LogP contribution in [0.2, 0.25) is 0 Å². The summed E-state index contributed by atoms with van der Waals surface area (Å²) in [4.78, 5) is 2.84. The van der Waals surface area contributed by atoms with Gasteiger partial charge in [-0.05, 0) is 62.6 Å². The number of nitrogens with zero attached hydrogens (tertiary/aromatic N) is 1. The summed E-state index contributed by atoms with van der Waals surface area (Å²) in [6.45, 7) is 1.36. The van der Waals surface area contributed by atoms with E-state index in [1.807, 2.05) is 0 Å². The van der Waals surface area contributed by atoms with E-state index in [0.29, 0.717) is 6.10 Å². The summed E-state index contributed by atoms with van der Waals surface area (Å²) in [7, 11) is 0. The van der Waals surface area contributed by atoms with Crippen LogP contribution >= 0.6 is 15.9 Å². The normalized spacial score (nSPS) is 32.9. The van der Waals surface area contributed by atoms with Gasteiger partial charge in [0.05, 0.1) is 0 Å². The van der Waals surface area contributed by atoms with Crippen LogP contribution in [-0.2, 0) is 0 Å². The highest BCUT2D eigenvalue weighted by molar-refractivity contribution is 9.10. The second-order valence-corrected chi connectivity index (χ2v) is 7.96. The second-order valence-electron chi connectivity index (χ2n) is 7.05. The summed E-state index contributed by atoms with van der Waals surface area (Å²) < 4.78 is 7.39. The van der Waals surface area contributed by atoms with E-state index in [2.05, 4.69) is 45.1 Å². The Morgan fingerprint density at radius 3 is 2.52 bits per heavy atom. The predicted octanol–water partition coefficient (Wildman–Crippen LogP) is 4.62. The number of fused-ring (bicyclic) bond motifs is 2. The Labute approximate surface area is 136 Å². The molecular weight excluding hydrogens is 326 g/mol. The Bertz CT molecular complexity index is 488. The number of rotatable bonds is 4. The molecule has 2 aliphatic heterocycles. The molecule has 0 radical (unpaired) electrons. The van der Waals surface area contributed by atoms with E-state index in [1.165, 1.54) is 51.5 Å². The molecule has 3 fully saturated rings. The van der Waals surface area contributed by atoms with Crippen molar-refractivity contribution in [3.63, 3.8) is 0 Å². The third-order valence-corrected chi connectivity index (χ3v) is 5.84. The number of halogens is 1. The fourth-order valence-electron chi connectivity index (χ4n) is 4.15. The largest absolute Gasteiger partial charge is 0.490 e. The quantitative estimate of drug-likeness (QED) is 0.785. The lowest BCUT2D eigenvalue weighted by molar-refractivity contribution is -0.0193. The summed E-state index contributed by atoms with van der Waals surface area (Å²) in [5, 5.41) is 0. The molecule has 0 aromatic heterocycles. The van der Waals surface area contributed by atoms with Crippen LogP contribution in [0.1, 0.15) is 44.9 Å². The Balaban J connectivity index is 1.42. The van der Waals surface area contributed by atoms with Crippen molar-refractivity contribution in [3.8, 4) is 5.75 Å². The molecule has 1 aliphatic carbocycles. The van der Waals surface area contributed by atoms with Gasteiger partial charge in [0.25, 0.3) is 0 Å². The van der Waals surface area contributed by atoms with Crippen molar-refractivity contribution in [2.24, 2.45) is 5.92 Å². The van der Waals surface area contributed by atoms with Crippen LogP contribution in [0, 0.1) is 5.92 Å². The van der Waals surface area contributed by atoms with Gasteiger partial charge >= 0.3 is 0 Å². The van der Waals surface area contributed by atoms with Gasteiger partial charge in [-0.2, -0.15) is 0 Å². The lowest BCUT2D eigenvalue weighted by Gasteiger charge is -2.48. The van der Waals surface area contributed by atoms with Crippen molar-refractivity contribution in [1.29, 1.82) is 0 Å². The first-order valence-corrected chi connectivity index (χ1v) is 9.25. The molecule has 2 bridgehead atoms. The maximum Gasteiger partial charge on any atom is 0.120 e. The summed E-state index contributed by atoms with van der Waals surface area (Å²) in [6.07, 6.45) is 9.95. The zero-order valence-corrected chi connectivity index (χ0v) is 14.1. The van der Waals surface area contributed by atoms with Gasteiger partial charge in [-0.15, -0.1) is 0 Å². The molecule has 0 N–H and O–H groups in total. The number of hydrogen-bond acceptors (Lipinski definition) is 2. The highest BCUT2D eigenvalue weighted by Crippen LogP contribution is 2.39. The minimum atomic E-state index is 0.407. The minimum Gasteiger partial charge on any atom is -0.490 e. The summed E-state index contributed by atoms with van der Waals surface area (Å²) in [5.41, 5.74) is 0. The van der Waals surface area contributed by atoms with Crippen molar-refractivity contribution in [3.05, 3.63) is 28.7 Å². The topological polar surface area (TPSA) is 12.5 Å². The van der Waals surface area contributed by atoms with Crippen LogP contribution in [0.4, 0.5) is 0 Å². The lowest BCUT2D eigenvalue weighted by Crippen LogP contribution is -2.55. The predicted molar refractivity (Wildman–Crippen MR) is 88.6 cm³/mol. The molecule has 114 valence electrons. The van der Waals surface area contributed by atoms with Gasteiger partial charge in [0.2, 0.25) is 0 Å². The molecule has 4 rings (SSSR count). The van der Waals surface area contributed by atoms with E-state index in [9.17, 15) is 0 Å². The highest BCUT2D eigenvalue weighted by atomic mass is 79.9. The molecular formula is C18H24BrNO. The third kappa shape index (κ3) is 3.29. The van der Waals surface area contributed by atoms with Crippen LogP contribution in [-0.4, -0.2) is 29.6 Å². The molecule has 0 spiro atoms. The Morgan fingerprint density at radius 2 is 1.86 bits per heavy atom. The van der Waals surface area contributed by atoms with Crippen LogP contribution in [0.5, 0.6) is 5.75 Å². The van der Waals surface area contributed by atoms with Gasteiger partial charge in [-0.3, -0.25) is 4.90 Å². The van der Waals surface area contributed by atoms with Gasteiger partial charge < -0.3 is 4.74 Å². The van der Waals surface area contributed by atoms with Crippen molar-refractivity contribution < 1.29 is 4.74 Å². The zero-order valence-electron chi connectivity index (χ0n) is 12.5. The van der Waals surface area contributed by atoms with Gasteiger partial charge in [0, 0.05) is 23.1 Å². The number of ether oxygens (including phenoxy) is 1. The second kappa shape index (κ2) is 5.92. The summed E-state index contributed by atoms with van der Waals surface area (Å²) in [5.74, 6) is 2.03. The van der Waals surface area contributed by atoms with Crippen LogP contribution in [0.3, 0.4) is 0 Å². The fourth-order valence-corrected chi connectivity index (χ4v) is 4.53. The SMILES string of the molecule is Brc1cccc(O[C@@H]2C[C@H]3CCC[C@@H](C2)N3CC2CC2)c1. The fraction of sp³-hybridized carbons (Fsp3) is 0.667. The average Bonchev–Trinajstić information content (AvgIpc) is 3.23. The molecule has 1 aromatic rings. The molecule has 3 aliphatic rings. The first-order valence-electron chi connectivity index (χ1n) is 8.46.